The van der Waals surface area contributed by atoms with Crippen molar-refractivity contribution in [1.82, 2.24) is 25.8 Å². The minimum absolute atomic E-state index is 0.0486. The van der Waals surface area contributed by atoms with Crippen LogP contribution in [0.15, 0.2) is 52.1 Å². The van der Waals surface area contributed by atoms with Crippen molar-refractivity contribution in [2.24, 2.45) is 4.99 Å². The van der Waals surface area contributed by atoms with Crippen molar-refractivity contribution in [3.05, 3.63) is 54.0 Å². The molecule has 1 aliphatic heterocycles. The molecule has 31 heavy (non-hydrogen) atoms. The standard InChI is InChI=1S/C23H28N6O2/c1-24-22(25-13-10-20-27-21(29-28-20)19-9-6-14-30-19)26-17-15-23(11-4-5-12-23)31-18-8-3-2-7-16(17)18/h2-3,6-9,14,17H,4-5,10-13,15H2,1H3,(H2,24,25,26)(H,27,28,29). The van der Waals surface area contributed by atoms with Gasteiger partial charge in [-0.2, -0.15) is 5.10 Å². The second-order valence-corrected chi connectivity index (χ2v) is 8.26. The number of furan rings is 1. The molecule has 1 fully saturated rings. The SMILES string of the molecule is CN=C(NCCc1nc(-c2ccco2)n[nH]1)NC1CC2(CCCC2)Oc2ccccc21. The summed E-state index contributed by atoms with van der Waals surface area (Å²) in [6.07, 6.45) is 7.98. The van der Waals surface area contributed by atoms with Crippen LogP contribution in [-0.4, -0.2) is 40.3 Å². The van der Waals surface area contributed by atoms with Gasteiger partial charge < -0.3 is 19.8 Å². The van der Waals surface area contributed by atoms with E-state index in [-0.39, 0.29) is 11.6 Å². The molecule has 1 unspecified atom stereocenters. The molecule has 3 aromatic rings. The summed E-state index contributed by atoms with van der Waals surface area (Å²) in [5.74, 6) is 3.81. The zero-order valence-corrected chi connectivity index (χ0v) is 17.7. The van der Waals surface area contributed by atoms with Gasteiger partial charge >= 0.3 is 0 Å². The van der Waals surface area contributed by atoms with Crippen LogP contribution in [0, 0.1) is 0 Å². The van der Waals surface area contributed by atoms with Crippen LogP contribution in [0.1, 0.15) is 49.5 Å². The molecule has 2 aromatic heterocycles. The molecular weight excluding hydrogens is 392 g/mol. The van der Waals surface area contributed by atoms with E-state index in [4.69, 9.17) is 9.15 Å². The first kappa shape index (κ1) is 19.7. The molecule has 162 valence electrons. The van der Waals surface area contributed by atoms with Crippen LogP contribution in [0.5, 0.6) is 5.75 Å². The number of hydrogen-bond donors (Lipinski definition) is 3. The molecule has 1 aliphatic carbocycles. The molecular formula is C23H28N6O2. The fourth-order valence-corrected chi connectivity index (χ4v) is 4.65. The van der Waals surface area contributed by atoms with E-state index < -0.39 is 0 Å². The van der Waals surface area contributed by atoms with Gasteiger partial charge in [-0.15, -0.1) is 0 Å². The topological polar surface area (TPSA) is 100 Å². The molecule has 0 amide bonds. The minimum Gasteiger partial charge on any atom is -0.487 e. The monoisotopic (exact) mass is 420 g/mol. The summed E-state index contributed by atoms with van der Waals surface area (Å²) < 4.78 is 11.8. The van der Waals surface area contributed by atoms with E-state index in [0.29, 0.717) is 24.6 Å². The maximum Gasteiger partial charge on any atom is 0.216 e. The zero-order chi connectivity index (χ0) is 21.1. The average molecular weight is 421 g/mol. The van der Waals surface area contributed by atoms with Crippen LogP contribution in [0.2, 0.25) is 0 Å². The van der Waals surface area contributed by atoms with Crippen molar-refractivity contribution < 1.29 is 9.15 Å². The maximum absolute atomic E-state index is 6.47. The van der Waals surface area contributed by atoms with E-state index >= 15 is 0 Å². The molecule has 5 rings (SSSR count). The normalized spacial score (nSPS) is 19.8. The molecule has 3 N–H and O–H groups in total. The molecule has 8 heteroatoms. The van der Waals surface area contributed by atoms with Crippen molar-refractivity contribution in [2.75, 3.05) is 13.6 Å². The van der Waals surface area contributed by atoms with Crippen molar-refractivity contribution >= 4 is 5.96 Å². The van der Waals surface area contributed by atoms with E-state index in [0.717, 1.165) is 36.8 Å². The Balaban J connectivity index is 1.22. The van der Waals surface area contributed by atoms with Gasteiger partial charge in [-0.25, -0.2) is 4.98 Å². The third-order valence-corrected chi connectivity index (χ3v) is 6.17. The lowest BCUT2D eigenvalue weighted by Gasteiger charge is -2.40. The Hall–Kier alpha value is -3.29. The van der Waals surface area contributed by atoms with Crippen molar-refractivity contribution in [3.8, 4) is 17.3 Å². The summed E-state index contributed by atoms with van der Waals surface area (Å²) >= 11 is 0. The number of guanidine groups is 1. The van der Waals surface area contributed by atoms with E-state index in [1.54, 1.807) is 13.3 Å². The lowest BCUT2D eigenvalue weighted by atomic mass is 9.86. The van der Waals surface area contributed by atoms with Gasteiger partial charge in [0, 0.05) is 32.0 Å². The van der Waals surface area contributed by atoms with Crippen molar-refractivity contribution in [1.29, 1.82) is 0 Å². The molecule has 1 saturated carbocycles. The predicted molar refractivity (Wildman–Crippen MR) is 118 cm³/mol. The van der Waals surface area contributed by atoms with Crippen molar-refractivity contribution in [3.63, 3.8) is 0 Å². The summed E-state index contributed by atoms with van der Waals surface area (Å²) in [4.78, 5) is 8.93. The molecule has 1 aromatic carbocycles. The van der Waals surface area contributed by atoms with Crippen LogP contribution in [-0.2, 0) is 6.42 Å². The zero-order valence-electron chi connectivity index (χ0n) is 17.7. The number of para-hydroxylation sites is 1. The molecule has 2 aliphatic rings. The van der Waals surface area contributed by atoms with Gasteiger partial charge in [0.2, 0.25) is 5.82 Å². The summed E-state index contributed by atoms with van der Waals surface area (Å²) in [7, 11) is 1.80. The number of nitrogens with one attached hydrogen (secondary N) is 3. The predicted octanol–water partition coefficient (Wildman–Crippen LogP) is 3.61. The molecule has 1 spiro atoms. The van der Waals surface area contributed by atoms with E-state index in [1.165, 1.54) is 18.4 Å². The van der Waals surface area contributed by atoms with E-state index in [2.05, 4.69) is 49.0 Å². The van der Waals surface area contributed by atoms with Crippen LogP contribution in [0.3, 0.4) is 0 Å². The number of nitrogens with zero attached hydrogens (tertiary/aromatic N) is 3. The molecule has 1 atom stereocenters. The molecule has 0 radical (unpaired) electrons. The highest BCUT2D eigenvalue weighted by molar-refractivity contribution is 5.80. The lowest BCUT2D eigenvalue weighted by molar-refractivity contribution is 0.0396. The third-order valence-electron chi connectivity index (χ3n) is 6.17. The van der Waals surface area contributed by atoms with Gasteiger partial charge in [0.1, 0.15) is 17.2 Å². The van der Waals surface area contributed by atoms with Crippen molar-refractivity contribution in [2.45, 2.75) is 50.2 Å². The average Bonchev–Trinajstić information content (AvgIpc) is 3.55. The fourth-order valence-electron chi connectivity index (χ4n) is 4.65. The van der Waals surface area contributed by atoms with Gasteiger partial charge in [0.25, 0.3) is 0 Å². The quantitative estimate of drug-likeness (QED) is 0.431. The van der Waals surface area contributed by atoms with Gasteiger partial charge in [-0.3, -0.25) is 10.1 Å². The molecule has 0 saturated heterocycles. The number of aliphatic imine (C=N–C) groups is 1. The Kier molecular flexibility index (Phi) is 5.36. The number of fused-ring (bicyclic) bond motifs is 1. The van der Waals surface area contributed by atoms with Gasteiger partial charge in [-0.05, 0) is 43.9 Å². The summed E-state index contributed by atoms with van der Waals surface area (Å²) in [5.41, 5.74) is 1.15. The Morgan fingerprint density at radius 3 is 2.90 bits per heavy atom. The summed E-state index contributed by atoms with van der Waals surface area (Å²) in [6, 6.07) is 12.2. The number of rotatable bonds is 5. The Labute approximate surface area is 181 Å². The highest BCUT2D eigenvalue weighted by atomic mass is 16.5. The first-order chi connectivity index (χ1) is 15.2. The Morgan fingerprint density at radius 1 is 1.23 bits per heavy atom. The number of benzene rings is 1. The number of H-pyrrole nitrogens is 1. The lowest BCUT2D eigenvalue weighted by Crippen LogP contribution is -2.47. The van der Waals surface area contributed by atoms with Crippen LogP contribution < -0.4 is 15.4 Å². The minimum atomic E-state index is -0.0486. The summed E-state index contributed by atoms with van der Waals surface area (Å²) in [5, 5.41) is 14.2. The van der Waals surface area contributed by atoms with Crippen LogP contribution >= 0.6 is 0 Å². The van der Waals surface area contributed by atoms with Crippen LogP contribution in [0.4, 0.5) is 0 Å². The van der Waals surface area contributed by atoms with Crippen LogP contribution in [0.25, 0.3) is 11.6 Å². The molecule has 8 nitrogen and oxygen atoms in total. The number of aromatic amines is 1. The highest BCUT2D eigenvalue weighted by Gasteiger charge is 2.43. The second-order valence-electron chi connectivity index (χ2n) is 8.26. The second kappa shape index (κ2) is 8.45. The molecule has 3 heterocycles. The third kappa shape index (κ3) is 4.15. The van der Waals surface area contributed by atoms with Gasteiger partial charge in [0.15, 0.2) is 11.7 Å². The van der Waals surface area contributed by atoms with Gasteiger partial charge in [0.05, 0.1) is 12.3 Å². The first-order valence-corrected chi connectivity index (χ1v) is 10.9. The largest absolute Gasteiger partial charge is 0.487 e. The Morgan fingerprint density at radius 2 is 2.10 bits per heavy atom. The first-order valence-electron chi connectivity index (χ1n) is 10.9. The maximum atomic E-state index is 6.47. The highest BCUT2D eigenvalue weighted by Crippen LogP contribution is 2.46. The number of aromatic nitrogens is 3. The van der Waals surface area contributed by atoms with Gasteiger partial charge in [-0.1, -0.05) is 18.2 Å². The number of ether oxygens (including phenoxy) is 1. The number of hydrogen-bond acceptors (Lipinski definition) is 5. The van der Waals surface area contributed by atoms with E-state index in [9.17, 15) is 0 Å². The summed E-state index contributed by atoms with van der Waals surface area (Å²) in [6.45, 7) is 0.683. The van der Waals surface area contributed by atoms with E-state index in [1.807, 2.05) is 18.2 Å². The molecule has 0 bridgehead atoms. The fraction of sp³-hybridized carbons (Fsp3) is 0.435. The smallest absolute Gasteiger partial charge is 0.216 e. The Bertz CT molecular complexity index is 1040.